The second kappa shape index (κ2) is 8.79. The summed E-state index contributed by atoms with van der Waals surface area (Å²) in [5.41, 5.74) is 0.937. The maximum atomic E-state index is 12.7. The van der Waals surface area contributed by atoms with Crippen molar-refractivity contribution in [1.82, 2.24) is 4.98 Å². The zero-order valence-corrected chi connectivity index (χ0v) is 17.2. The van der Waals surface area contributed by atoms with Gasteiger partial charge in [0.1, 0.15) is 23.7 Å². The van der Waals surface area contributed by atoms with Crippen LogP contribution in [0, 0.1) is 6.92 Å². The Morgan fingerprint density at radius 2 is 1.82 bits per heavy atom. The molecule has 2 aromatic rings. The number of hydrogen-bond acceptors (Lipinski definition) is 5. The number of nitrogens with one attached hydrogen (secondary N) is 1. The largest absolute Gasteiger partial charge is 0.573 e. The van der Waals surface area contributed by atoms with Gasteiger partial charge in [0, 0.05) is 0 Å². The van der Waals surface area contributed by atoms with Crippen LogP contribution in [-0.4, -0.2) is 35.4 Å². The fourth-order valence-corrected chi connectivity index (χ4v) is 3.05. The van der Waals surface area contributed by atoms with Crippen molar-refractivity contribution in [3.8, 4) is 11.6 Å². The van der Waals surface area contributed by atoms with Crippen LogP contribution in [0.3, 0.4) is 0 Å². The highest BCUT2D eigenvalue weighted by Crippen LogP contribution is 2.37. The first-order chi connectivity index (χ1) is 15.2. The zero-order chi connectivity index (χ0) is 24.6. The van der Waals surface area contributed by atoms with Gasteiger partial charge in [-0.25, -0.2) is 0 Å². The topological polar surface area (TPSA) is 80.8 Å². The molecule has 0 saturated carbocycles. The third kappa shape index (κ3) is 6.26. The maximum Gasteiger partial charge on any atom is 0.573 e. The van der Waals surface area contributed by atoms with Crippen molar-refractivity contribution in [3.63, 3.8) is 0 Å². The van der Waals surface area contributed by atoms with Crippen molar-refractivity contribution in [2.45, 2.75) is 45.5 Å². The number of hydrogen-bond donors (Lipinski definition) is 1. The number of carbonyl (C=O) groups excluding carboxylic acids is 2. The average Bonchev–Trinajstić information content (AvgIpc) is 2.65. The summed E-state index contributed by atoms with van der Waals surface area (Å²) < 4.78 is 83.5. The number of alkyl halides is 6. The van der Waals surface area contributed by atoms with Gasteiger partial charge in [-0.05, 0) is 43.2 Å². The smallest absolute Gasteiger partial charge is 0.463 e. The van der Waals surface area contributed by atoms with Crippen molar-refractivity contribution in [2.75, 3.05) is 10.2 Å². The molecule has 0 saturated heterocycles. The lowest BCUT2D eigenvalue weighted by Crippen LogP contribution is -2.44. The Bertz CT molecular complexity index is 1050. The highest BCUT2D eigenvalue weighted by molar-refractivity contribution is 6.00. The van der Waals surface area contributed by atoms with Crippen molar-refractivity contribution >= 4 is 23.3 Å². The molecule has 1 aromatic heterocycles. The molecule has 33 heavy (non-hydrogen) atoms. The molecule has 2 heterocycles. The summed E-state index contributed by atoms with van der Waals surface area (Å²) in [5, 5.41) is 2.07. The lowest BCUT2D eigenvalue weighted by Gasteiger charge is -2.33. The van der Waals surface area contributed by atoms with Crippen LogP contribution >= 0.6 is 0 Å². The molecule has 1 N–H and O–H groups in total. The van der Waals surface area contributed by atoms with Crippen LogP contribution in [0.15, 0.2) is 30.3 Å². The molecule has 0 aliphatic carbocycles. The predicted molar refractivity (Wildman–Crippen MR) is 103 cm³/mol. The number of aryl methyl sites for hydroxylation is 1. The van der Waals surface area contributed by atoms with E-state index in [1.165, 1.54) is 36.9 Å². The van der Waals surface area contributed by atoms with Crippen LogP contribution in [0.1, 0.15) is 24.5 Å². The van der Waals surface area contributed by atoms with Crippen molar-refractivity contribution in [3.05, 3.63) is 41.5 Å². The Morgan fingerprint density at radius 3 is 2.39 bits per heavy atom. The highest BCUT2D eigenvalue weighted by atomic mass is 19.4. The van der Waals surface area contributed by atoms with Crippen LogP contribution in [0.4, 0.5) is 37.8 Å². The molecule has 2 amide bonds. The Kier molecular flexibility index (Phi) is 6.43. The fourth-order valence-electron chi connectivity index (χ4n) is 3.05. The molecule has 178 valence electrons. The van der Waals surface area contributed by atoms with Crippen LogP contribution in [0.25, 0.3) is 0 Å². The van der Waals surface area contributed by atoms with Crippen LogP contribution in [0.2, 0.25) is 0 Å². The van der Waals surface area contributed by atoms with Crippen LogP contribution < -0.4 is 19.7 Å². The molecule has 7 nitrogen and oxygen atoms in total. The van der Waals surface area contributed by atoms with E-state index in [4.69, 9.17) is 4.74 Å². The number of halogens is 6. The summed E-state index contributed by atoms with van der Waals surface area (Å²) in [5.74, 6) is -2.44. The molecule has 1 aliphatic rings. The molecule has 13 heteroatoms. The van der Waals surface area contributed by atoms with Gasteiger partial charge in [0.15, 0.2) is 6.10 Å². The van der Waals surface area contributed by atoms with Crippen molar-refractivity contribution in [2.24, 2.45) is 0 Å². The van der Waals surface area contributed by atoms with Gasteiger partial charge < -0.3 is 14.8 Å². The van der Waals surface area contributed by atoms with Gasteiger partial charge in [-0.1, -0.05) is 12.1 Å². The number of anilines is 2. The molecule has 1 aromatic carbocycles. The van der Waals surface area contributed by atoms with Crippen LogP contribution in [0.5, 0.6) is 11.6 Å². The minimum absolute atomic E-state index is 0.0489. The molecule has 3 rings (SSSR count). The number of benzene rings is 1. The van der Waals surface area contributed by atoms with Crippen LogP contribution in [-0.2, 0) is 16.1 Å². The highest BCUT2D eigenvalue weighted by Gasteiger charge is 2.35. The Morgan fingerprint density at radius 1 is 1.18 bits per heavy atom. The van der Waals surface area contributed by atoms with Gasteiger partial charge in [0.2, 0.25) is 11.8 Å². The molecule has 0 fully saturated rings. The molecular formula is C20H17F6N3O4. The standard InChI is InChI=1S/C20H17F6N3O4/c1-10-7-14-17(28-16(10)27-15(30)8-19(21,22)23)32-11(2)18(31)29(14)9-12-3-5-13(6-4-12)33-20(24,25)26/h3-7,11H,8-9H2,1-2H3,(H,27,28,30). The lowest BCUT2D eigenvalue weighted by atomic mass is 10.1. The number of rotatable bonds is 5. The normalized spacial score (nSPS) is 16.2. The van der Waals surface area contributed by atoms with E-state index in [1.54, 1.807) is 0 Å². The quantitative estimate of drug-likeness (QED) is 0.642. The zero-order valence-electron chi connectivity index (χ0n) is 17.2. The SMILES string of the molecule is Cc1cc2c(nc1NC(=O)CC(F)(F)F)OC(C)C(=O)N2Cc1ccc(OC(F)(F)F)cc1. The Hall–Kier alpha value is -3.51. The van der Waals surface area contributed by atoms with E-state index in [2.05, 4.69) is 15.0 Å². The summed E-state index contributed by atoms with van der Waals surface area (Å²) in [6.07, 6.45) is -12.2. The number of pyridine rings is 1. The van der Waals surface area contributed by atoms with Gasteiger partial charge in [-0.15, -0.1) is 13.2 Å². The molecular weight excluding hydrogens is 460 g/mol. The first-order valence-corrected chi connectivity index (χ1v) is 9.43. The molecule has 0 radical (unpaired) electrons. The van der Waals surface area contributed by atoms with Gasteiger partial charge in [-0.3, -0.25) is 14.5 Å². The minimum atomic E-state index is -4.84. The third-order valence-corrected chi connectivity index (χ3v) is 4.47. The van der Waals surface area contributed by atoms with Gasteiger partial charge in [-0.2, -0.15) is 18.2 Å². The maximum absolute atomic E-state index is 12.7. The van der Waals surface area contributed by atoms with Gasteiger partial charge >= 0.3 is 12.5 Å². The number of aromatic nitrogens is 1. The van der Waals surface area contributed by atoms with E-state index < -0.39 is 42.6 Å². The first-order valence-electron chi connectivity index (χ1n) is 9.43. The van der Waals surface area contributed by atoms with E-state index in [-0.39, 0.29) is 29.5 Å². The summed E-state index contributed by atoms with van der Waals surface area (Å²) >= 11 is 0. The molecule has 0 bridgehead atoms. The average molecular weight is 477 g/mol. The first kappa shape index (κ1) is 24.1. The number of fused-ring (bicyclic) bond motifs is 1. The lowest BCUT2D eigenvalue weighted by molar-refractivity contribution is -0.274. The number of amides is 2. The molecule has 1 aliphatic heterocycles. The number of ether oxygens (including phenoxy) is 2. The van der Waals surface area contributed by atoms with Crippen molar-refractivity contribution in [1.29, 1.82) is 0 Å². The summed E-state index contributed by atoms with van der Waals surface area (Å²) in [7, 11) is 0. The van der Waals surface area contributed by atoms with Crippen molar-refractivity contribution < 1.29 is 45.4 Å². The Labute approximate surface area is 183 Å². The molecule has 1 atom stereocenters. The van der Waals surface area contributed by atoms with E-state index >= 15 is 0 Å². The van der Waals surface area contributed by atoms with E-state index in [0.29, 0.717) is 5.56 Å². The van der Waals surface area contributed by atoms with Gasteiger partial charge in [0.05, 0.1) is 6.54 Å². The summed E-state index contributed by atoms with van der Waals surface area (Å²) in [6.45, 7) is 2.86. The van der Waals surface area contributed by atoms with E-state index in [9.17, 15) is 35.9 Å². The summed E-state index contributed by atoms with van der Waals surface area (Å²) in [4.78, 5) is 29.6. The number of nitrogens with zero attached hydrogens (tertiary/aromatic N) is 2. The minimum Gasteiger partial charge on any atom is -0.463 e. The van der Waals surface area contributed by atoms with Gasteiger partial charge in [0.25, 0.3) is 5.91 Å². The second-order valence-electron chi connectivity index (χ2n) is 7.19. The predicted octanol–water partition coefficient (Wildman–Crippen LogP) is 4.49. The molecule has 1 unspecified atom stereocenters. The Balaban J connectivity index is 1.84. The number of carbonyl (C=O) groups is 2. The third-order valence-electron chi connectivity index (χ3n) is 4.47. The van der Waals surface area contributed by atoms with E-state index in [1.807, 2.05) is 0 Å². The fraction of sp³-hybridized carbons (Fsp3) is 0.350. The monoisotopic (exact) mass is 477 g/mol. The molecule has 0 spiro atoms. The van der Waals surface area contributed by atoms with E-state index in [0.717, 1.165) is 12.1 Å². The summed E-state index contributed by atoms with van der Waals surface area (Å²) in [6, 6.07) is 6.30. The second-order valence-corrected chi connectivity index (χ2v) is 7.19.